The third-order valence-electron chi connectivity index (χ3n) is 3.45. The second kappa shape index (κ2) is 5.59. The first kappa shape index (κ1) is 13.1. The minimum absolute atomic E-state index is 0.00749. The number of aromatic nitrogens is 1. The molecule has 1 aliphatic rings. The zero-order valence-corrected chi connectivity index (χ0v) is 11.4. The van der Waals surface area contributed by atoms with E-state index < -0.39 is 0 Å². The Kier molecular flexibility index (Phi) is 3.48. The Morgan fingerprint density at radius 3 is 2.71 bits per heavy atom. The smallest absolute Gasteiger partial charge is 0.250 e. The SMILES string of the molecule is N#Cc1ncccc1-c1ccc(N2CCC=CC2=O)cc1. The van der Waals surface area contributed by atoms with Gasteiger partial charge in [0.1, 0.15) is 11.8 Å². The van der Waals surface area contributed by atoms with Gasteiger partial charge in [0.15, 0.2) is 0 Å². The highest BCUT2D eigenvalue weighted by Crippen LogP contribution is 2.25. The highest BCUT2D eigenvalue weighted by atomic mass is 16.2. The normalized spacial score (nSPS) is 14.0. The van der Waals surface area contributed by atoms with Gasteiger partial charge >= 0.3 is 0 Å². The molecular formula is C17H13N3O. The topological polar surface area (TPSA) is 57.0 Å². The molecule has 1 aromatic heterocycles. The van der Waals surface area contributed by atoms with Crippen LogP contribution in [0, 0.1) is 11.3 Å². The number of hydrogen-bond acceptors (Lipinski definition) is 3. The number of rotatable bonds is 2. The molecule has 0 aliphatic carbocycles. The van der Waals surface area contributed by atoms with Crippen LogP contribution in [-0.2, 0) is 4.79 Å². The van der Waals surface area contributed by atoms with Crippen molar-refractivity contribution in [1.29, 1.82) is 5.26 Å². The molecule has 0 fully saturated rings. The summed E-state index contributed by atoms with van der Waals surface area (Å²) in [4.78, 5) is 17.6. The molecule has 0 radical (unpaired) electrons. The van der Waals surface area contributed by atoms with Gasteiger partial charge in [0.25, 0.3) is 5.91 Å². The van der Waals surface area contributed by atoms with Gasteiger partial charge in [-0.1, -0.05) is 18.2 Å². The molecule has 0 spiro atoms. The van der Waals surface area contributed by atoms with Crippen LogP contribution >= 0.6 is 0 Å². The fraction of sp³-hybridized carbons (Fsp3) is 0.118. The second-order valence-electron chi connectivity index (χ2n) is 4.74. The standard InChI is InChI=1S/C17H13N3O/c18-12-16-15(4-3-10-19-16)13-6-8-14(9-7-13)20-11-2-1-5-17(20)21/h1,3-10H,2,11H2. The Balaban J connectivity index is 1.93. The predicted octanol–water partition coefficient (Wildman–Crippen LogP) is 2.91. The Hall–Kier alpha value is -2.93. The third kappa shape index (κ3) is 2.54. The van der Waals surface area contributed by atoms with Gasteiger partial charge < -0.3 is 4.90 Å². The molecule has 102 valence electrons. The van der Waals surface area contributed by atoms with Gasteiger partial charge in [-0.05, 0) is 42.3 Å². The summed E-state index contributed by atoms with van der Waals surface area (Å²) in [5, 5.41) is 9.10. The second-order valence-corrected chi connectivity index (χ2v) is 4.74. The largest absolute Gasteiger partial charge is 0.309 e. The van der Waals surface area contributed by atoms with Crippen molar-refractivity contribution in [3.63, 3.8) is 0 Å². The zero-order chi connectivity index (χ0) is 14.7. The van der Waals surface area contributed by atoms with Gasteiger partial charge in [0.05, 0.1) is 0 Å². The molecule has 2 heterocycles. The van der Waals surface area contributed by atoms with Gasteiger partial charge in [-0.25, -0.2) is 4.98 Å². The molecule has 0 saturated heterocycles. The Morgan fingerprint density at radius 2 is 2.00 bits per heavy atom. The van der Waals surface area contributed by atoms with Crippen LogP contribution in [0.15, 0.2) is 54.7 Å². The van der Waals surface area contributed by atoms with Crippen molar-refractivity contribution in [2.75, 3.05) is 11.4 Å². The molecule has 0 N–H and O–H groups in total. The summed E-state index contributed by atoms with van der Waals surface area (Å²) in [5.74, 6) is 0.00749. The van der Waals surface area contributed by atoms with Crippen LogP contribution in [0.4, 0.5) is 5.69 Å². The molecule has 2 aromatic rings. The first-order valence-electron chi connectivity index (χ1n) is 6.73. The van der Waals surface area contributed by atoms with E-state index in [1.54, 1.807) is 17.2 Å². The van der Waals surface area contributed by atoms with Crippen molar-refractivity contribution in [2.45, 2.75) is 6.42 Å². The van der Waals surface area contributed by atoms with Crippen LogP contribution in [0.5, 0.6) is 0 Å². The molecule has 0 unspecified atom stereocenters. The lowest BCUT2D eigenvalue weighted by Crippen LogP contribution is -2.32. The average Bonchev–Trinajstić information content (AvgIpc) is 2.55. The molecule has 1 aliphatic heterocycles. The number of anilines is 1. The van der Waals surface area contributed by atoms with Crippen LogP contribution < -0.4 is 4.90 Å². The number of pyridine rings is 1. The molecule has 4 heteroatoms. The summed E-state index contributed by atoms with van der Waals surface area (Å²) < 4.78 is 0. The van der Waals surface area contributed by atoms with E-state index in [4.69, 9.17) is 5.26 Å². The molecular weight excluding hydrogens is 262 g/mol. The van der Waals surface area contributed by atoms with Gasteiger partial charge in [-0.15, -0.1) is 0 Å². The van der Waals surface area contributed by atoms with Crippen molar-refractivity contribution >= 4 is 11.6 Å². The number of carbonyl (C=O) groups is 1. The molecule has 0 bridgehead atoms. The monoisotopic (exact) mass is 275 g/mol. The fourth-order valence-corrected chi connectivity index (χ4v) is 2.39. The molecule has 21 heavy (non-hydrogen) atoms. The van der Waals surface area contributed by atoms with Crippen molar-refractivity contribution in [3.8, 4) is 17.2 Å². The average molecular weight is 275 g/mol. The van der Waals surface area contributed by atoms with Gasteiger partial charge in [-0.2, -0.15) is 5.26 Å². The Labute approximate surface area is 123 Å². The van der Waals surface area contributed by atoms with E-state index in [1.165, 1.54) is 0 Å². The minimum atomic E-state index is 0.00749. The maximum absolute atomic E-state index is 11.8. The van der Waals surface area contributed by atoms with Crippen molar-refractivity contribution in [3.05, 3.63) is 60.4 Å². The molecule has 4 nitrogen and oxygen atoms in total. The van der Waals surface area contributed by atoms with E-state index in [0.29, 0.717) is 12.2 Å². The quantitative estimate of drug-likeness (QED) is 0.846. The molecule has 1 aromatic carbocycles. The summed E-state index contributed by atoms with van der Waals surface area (Å²) in [7, 11) is 0. The maximum atomic E-state index is 11.8. The van der Waals surface area contributed by atoms with E-state index in [2.05, 4.69) is 11.1 Å². The fourth-order valence-electron chi connectivity index (χ4n) is 2.39. The van der Waals surface area contributed by atoms with E-state index in [9.17, 15) is 4.79 Å². The third-order valence-corrected chi connectivity index (χ3v) is 3.45. The molecule has 0 atom stereocenters. The first-order chi connectivity index (χ1) is 10.3. The van der Waals surface area contributed by atoms with E-state index in [0.717, 1.165) is 23.2 Å². The van der Waals surface area contributed by atoms with Crippen LogP contribution in [-0.4, -0.2) is 17.4 Å². The van der Waals surface area contributed by atoms with Crippen molar-refractivity contribution < 1.29 is 4.79 Å². The summed E-state index contributed by atoms with van der Waals surface area (Å²) >= 11 is 0. The van der Waals surface area contributed by atoms with E-state index >= 15 is 0 Å². The summed E-state index contributed by atoms with van der Waals surface area (Å²) in [6.45, 7) is 0.699. The lowest BCUT2D eigenvalue weighted by atomic mass is 10.0. The number of benzene rings is 1. The first-order valence-corrected chi connectivity index (χ1v) is 6.73. The summed E-state index contributed by atoms with van der Waals surface area (Å²) in [6.07, 6.45) is 5.97. The van der Waals surface area contributed by atoms with E-state index in [1.807, 2.05) is 42.5 Å². The van der Waals surface area contributed by atoms with Crippen LogP contribution in [0.3, 0.4) is 0 Å². The van der Waals surface area contributed by atoms with Crippen LogP contribution in [0.2, 0.25) is 0 Å². The number of carbonyl (C=O) groups excluding carboxylic acids is 1. The maximum Gasteiger partial charge on any atom is 0.250 e. The number of nitrogens with zero attached hydrogens (tertiary/aromatic N) is 3. The minimum Gasteiger partial charge on any atom is -0.309 e. The van der Waals surface area contributed by atoms with Gasteiger partial charge in [-0.3, -0.25) is 4.79 Å². The number of nitriles is 1. The lowest BCUT2D eigenvalue weighted by molar-refractivity contribution is -0.114. The van der Waals surface area contributed by atoms with Gasteiger partial charge in [0, 0.05) is 24.0 Å². The molecule has 1 amide bonds. The predicted molar refractivity (Wildman–Crippen MR) is 80.5 cm³/mol. The number of hydrogen-bond donors (Lipinski definition) is 0. The lowest BCUT2D eigenvalue weighted by Gasteiger charge is -2.23. The summed E-state index contributed by atoms with van der Waals surface area (Å²) in [5.41, 5.74) is 3.00. The Morgan fingerprint density at radius 1 is 1.19 bits per heavy atom. The zero-order valence-electron chi connectivity index (χ0n) is 11.4. The Bertz CT molecular complexity index is 741. The van der Waals surface area contributed by atoms with Crippen molar-refractivity contribution in [2.24, 2.45) is 0 Å². The van der Waals surface area contributed by atoms with E-state index in [-0.39, 0.29) is 5.91 Å². The molecule has 3 rings (SSSR count). The summed E-state index contributed by atoms with van der Waals surface area (Å²) in [6, 6.07) is 13.4. The van der Waals surface area contributed by atoms with Crippen LogP contribution in [0.25, 0.3) is 11.1 Å². The molecule has 0 saturated carbocycles. The highest BCUT2D eigenvalue weighted by Gasteiger charge is 2.15. The highest BCUT2D eigenvalue weighted by molar-refractivity contribution is 6.02. The number of amides is 1. The van der Waals surface area contributed by atoms with Gasteiger partial charge in [0.2, 0.25) is 0 Å². The van der Waals surface area contributed by atoms with Crippen LogP contribution in [0.1, 0.15) is 12.1 Å². The van der Waals surface area contributed by atoms with Crippen molar-refractivity contribution in [1.82, 2.24) is 4.98 Å².